The first-order chi connectivity index (χ1) is 20.6. The first-order valence-electron chi connectivity index (χ1n) is 16.2. The maximum absolute atomic E-state index is 6.67. The quantitative estimate of drug-likeness (QED) is 0.457. The lowest BCUT2D eigenvalue weighted by Crippen LogP contribution is -2.36. The summed E-state index contributed by atoms with van der Waals surface area (Å²) in [6.45, 7) is 17.4. The summed E-state index contributed by atoms with van der Waals surface area (Å²) in [6.07, 6.45) is 0.840. The van der Waals surface area contributed by atoms with Crippen molar-refractivity contribution in [1.29, 1.82) is 0 Å². The van der Waals surface area contributed by atoms with Gasteiger partial charge < -0.3 is 38.9 Å². The van der Waals surface area contributed by atoms with Gasteiger partial charge in [-0.25, -0.2) is 0 Å². The number of likely N-dealkylation sites (N-methyl/N-ethyl adjacent to an activating group) is 6. The van der Waals surface area contributed by atoms with E-state index in [1.165, 1.54) is 33.4 Å². The van der Waals surface area contributed by atoms with E-state index < -0.39 is 0 Å². The molecule has 0 saturated heterocycles. The van der Waals surface area contributed by atoms with Gasteiger partial charge in [-0.05, 0) is 56.1 Å². The Balaban J connectivity index is 1.72. The Morgan fingerprint density at radius 3 is 0.953 bits per heavy atom. The van der Waals surface area contributed by atoms with Crippen LogP contribution >= 0.6 is 0 Å². The van der Waals surface area contributed by atoms with Gasteiger partial charge in [0.15, 0.2) is 0 Å². The fourth-order valence-electron chi connectivity index (χ4n) is 6.17. The van der Waals surface area contributed by atoms with Crippen LogP contribution in [0.2, 0.25) is 0 Å². The Bertz CT molecular complexity index is 1010. The molecule has 0 amide bonds. The van der Waals surface area contributed by atoms with Crippen molar-refractivity contribution < 1.29 is 9.47 Å². The van der Waals surface area contributed by atoms with E-state index in [4.69, 9.17) is 9.47 Å². The van der Waals surface area contributed by atoms with Gasteiger partial charge in [-0.15, -0.1) is 0 Å². The molecule has 0 N–H and O–H groups in total. The van der Waals surface area contributed by atoms with E-state index in [2.05, 4.69) is 110 Å². The van der Waals surface area contributed by atoms with Gasteiger partial charge in [0.05, 0.1) is 13.2 Å². The Hall–Kier alpha value is -2.20. The van der Waals surface area contributed by atoms with E-state index in [0.717, 1.165) is 96.5 Å². The largest absolute Gasteiger partial charge is 0.493 e. The molecule has 240 valence electrons. The van der Waals surface area contributed by atoms with Gasteiger partial charge in [-0.1, -0.05) is 35.4 Å². The van der Waals surface area contributed by atoms with Gasteiger partial charge in [-0.2, -0.15) is 0 Å². The van der Waals surface area contributed by atoms with E-state index >= 15 is 0 Å². The fraction of sp³-hybridized carbons (Fsp3) is 0.657. The highest BCUT2D eigenvalue weighted by molar-refractivity contribution is 5.46. The van der Waals surface area contributed by atoms with Crippen molar-refractivity contribution in [2.45, 2.75) is 46.4 Å². The lowest BCUT2D eigenvalue weighted by molar-refractivity contribution is 0.202. The first kappa shape index (κ1) is 33.7. The number of ether oxygens (including phenoxy) is 2. The number of hydrogen-bond acceptors (Lipinski definition) is 8. The molecule has 0 aliphatic carbocycles. The first-order valence-corrected chi connectivity index (χ1v) is 16.2. The summed E-state index contributed by atoms with van der Waals surface area (Å²) in [5, 5.41) is 0. The number of aryl methyl sites for hydroxylation is 2. The summed E-state index contributed by atoms with van der Waals surface area (Å²) in [4.78, 5) is 14.7. The molecule has 43 heavy (non-hydrogen) atoms. The minimum atomic E-state index is 0.637. The van der Waals surface area contributed by atoms with Gasteiger partial charge >= 0.3 is 0 Å². The highest BCUT2D eigenvalue weighted by Gasteiger charge is 2.19. The second-order valence-electron chi connectivity index (χ2n) is 13.4. The molecule has 8 nitrogen and oxygen atoms in total. The van der Waals surface area contributed by atoms with E-state index in [1.807, 2.05) is 0 Å². The number of nitrogens with zero attached hydrogens (tertiary/aromatic N) is 6. The molecular weight excluding hydrogens is 536 g/mol. The standard InChI is InChI=1S/C35H58N6O2/c1-28-20-30-24-38(5)14-10-36(3)12-16-40(7)26-32-22-29(2)23-33-27-41(8)17-13-37(4)11-15-39(6)25-31(21-28)34(30)42-18-9-19-43-35(32)33/h20-23H,9-19,24-27H2,1-8H3. The van der Waals surface area contributed by atoms with Crippen LogP contribution in [0.5, 0.6) is 11.5 Å². The third-order valence-electron chi connectivity index (χ3n) is 8.77. The van der Waals surface area contributed by atoms with Gasteiger partial charge in [0.2, 0.25) is 0 Å². The molecule has 0 saturated carbocycles. The molecule has 0 radical (unpaired) electrons. The number of fused-ring (bicyclic) bond motifs is 4. The molecular formula is C35H58N6O2. The third-order valence-corrected chi connectivity index (χ3v) is 8.77. The average molecular weight is 595 g/mol. The smallest absolute Gasteiger partial charge is 0.128 e. The molecule has 0 atom stereocenters. The molecule has 4 rings (SSSR count). The normalized spacial score (nSPS) is 21.3. The summed E-state index contributed by atoms with van der Waals surface area (Å²) in [6, 6.07) is 9.29. The molecule has 2 bridgehead atoms. The van der Waals surface area contributed by atoms with Gasteiger partial charge in [0.25, 0.3) is 0 Å². The van der Waals surface area contributed by atoms with Crippen molar-refractivity contribution in [3.63, 3.8) is 0 Å². The molecule has 8 heteroatoms. The predicted molar refractivity (Wildman–Crippen MR) is 178 cm³/mol. The Morgan fingerprint density at radius 1 is 0.419 bits per heavy atom. The Kier molecular flexibility index (Phi) is 12.7. The van der Waals surface area contributed by atoms with Crippen molar-refractivity contribution in [1.82, 2.24) is 29.4 Å². The molecule has 2 aromatic carbocycles. The van der Waals surface area contributed by atoms with Crippen molar-refractivity contribution in [2.24, 2.45) is 0 Å². The van der Waals surface area contributed by atoms with Gasteiger partial charge in [0, 0.05) is 107 Å². The minimum absolute atomic E-state index is 0.637. The molecule has 2 heterocycles. The summed E-state index contributed by atoms with van der Waals surface area (Å²) in [5.41, 5.74) is 7.74. The predicted octanol–water partition coefficient (Wildman–Crippen LogP) is 3.77. The number of benzene rings is 2. The Morgan fingerprint density at radius 2 is 0.674 bits per heavy atom. The van der Waals surface area contributed by atoms with Crippen LogP contribution in [-0.4, -0.2) is 137 Å². The van der Waals surface area contributed by atoms with E-state index in [9.17, 15) is 0 Å². The maximum atomic E-state index is 6.67. The van der Waals surface area contributed by atoms with E-state index in [1.54, 1.807) is 0 Å². The second kappa shape index (κ2) is 16.2. The summed E-state index contributed by atoms with van der Waals surface area (Å²) in [7, 11) is 13.4. The van der Waals surface area contributed by atoms with Crippen LogP contribution in [0, 0.1) is 13.8 Å². The zero-order chi connectivity index (χ0) is 30.9. The van der Waals surface area contributed by atoms with Crippen LogP contribution in [-0.2, 0) is 26.2 Å². The lowest BCUT2D eigenvalue weighted by Gasteiger charge is -2.29. The second-order valence-corrected chi connectivity index (χ2v) is 13.4. The summed E-state index contributed by atoms with van der Waals surface area (Å²) < 4.78 is 13.3. The lowest BCUT2D eigenvalue weighted by atomic mass is 10.0. The number of hydrogen-bond donors (Lipinski definition) is 0. The minimum Gasteiger partial charge on any atom is -0.493 e. The maximum Gasteiger partial charge on any atom is 0.128 e. The topological polar surface area (TPSA) is 37.9 Å². The van der Waals surface area contributed by atoms with E-state index in [-0.39, 0.29) is 0 Å². The zero-order valence-electron chi connectivity index (χ0n) is 28.4. The molecule has 0 aromatic heterocycles. The molecule has 2 aromatic rings. The highest BCUT2D eigenvalue weighted by atomic mass is 16.5. The summed E-state index contributed by atoms with van der Waals surface area (Å²) in [5.74, 6) is 2.13. The molecule has 0 spiro atoms. The van der Waals surface area contributed by atoms with Crippen LogP contribution in [0.15, 0.2) is 24.3 Å². The SMILES string of the molecule is Cc1cc2c3c(c1)CN(C)CCN(C)CCN(C)Cc1cc(C)cc(c1OCCCO3)CN(C)CCN(C)CCN(C)C2. The van der Waals surface area contributed by atoms with E-state index in [0.29, 0.717) is 13.2 Å². The fourth-order valence-corrected chi connectivity index (χ4v) is 6.17. The van der Waals surface area contributed by atoms with Crippen LogP contribution < -0.4 is 9.47 Å². The third kappa shape index (κ3) is 10.4. The van der Waals surface area contributed by atoms with Crippen LogP contribution in [0.1, 0.15) is 39.8 Å². The average Bonchev–Trinajstić information content (AvgIpc) is 2.94. The van der Waals surface area contributed by atoms with Crippen molar-refractivity contribution in [3.8, 4) is 11.5 Å². The van der Waals surface area contributed by atoms with Crippen LogP contribution in [0.3, 0.4) is 0 Å². The van der Waals surface area contributed by atoms with Gasteiger partial charge in [0.1, 0.15) is 11.5 Å². The van der Waals surface area contributed by atoms with Gasteiger partial charge in [-0.3, -0.25) is 0 Å². The molecule has 0 unspecified atom stereocenters. The molecule has 2 aliphatic rings. The van der Waals surface area contributed by atoms with Crippen LogP contribution in [0.25, 0.3) is 0 Å². The zero-order valence-corrected chi connectivity index (χ0v) is 28.4. The van der Waals surface area contributed by atoms with Crippen molar-refractivity contribution in [2.75, 3.05) is 108 Å². The molecule has 0 fully saturated rings. The molecule has 2 aliphatic heterocycles. The van der Waals surface area contributed by atoms with Crippen LogP contribution in [0.4, 0.5) is 0 Å². The summed E-state index contributed by atoms with van der Waals surface area (Å²) >= 11 is 0. The van der Waals surface area contributed by atoms with Crippen molar-refractivity contribution >= 4 is 0 Å². The Labute approximate surface area is 262 Å². The number of rotatable bonds is 0. The van der Waals surface area contributed by atoms with Crippen molar-refractivity contribution in [3.05, 3.63) is 57.6 Å². The monoisotopic (exact) mass is 594 g/mol. The highest BCUT2D eigenvalue weighted by Crippen LogP contribution is 2.31.